The topological polar surface area (TPSA) is 39.3 Å². The van der Waals surface area contributed by atoms with Gasteiger partial charge < -0.3 is 15.0 Å². The van der Waals surface area contributed by atoms with Gasteiger partial charge in [-0.1, -0.05) is 24.3 Å². The second-order valence-corrected chi connectivity index (χ2v) is 4.90. The minimum absolute atomic E-state index is 0.309. The lowest BCUT2D eigenvalue weighted by Crippen LogP contribution is -2.10. The Morgan fingerprint density at radius 2 is 1.89 bits per heavy atom. The highest BCUT2D eigenvalue weighted by atomic mass is 16.3. The maximum atomic E-state index is 9.99. The molecule has 2 N–H and O–H groups in total. The number of phenolic OH excluding ortho intramolecular Hbond substituents is 1. The summed E-state index contributed by atoms with van der Waals surface area (Å²) in [4.78, 5) is 5.42. The fraction of sp³-hybridized carbons (Fsp3) is 0.200. The highest BCUT2D eigenvalue weighted by Gasteiger charge is 2.12. The van der Waals surface area contributed by atoms with Crippen molar-refractivity contribution in [3.63, 3.8) is 0 Å². The number of benzene rings is 2. The number of hydrogen-bond donors (Lipinski definition) is 2. The van der Waals surface area contributed by atoms with Gasteiger partial charge in [0.15, 0.2) is 0 Å². The van der Waals surface area contributed by atoms with E-state index in [1.54, 1.807) is 6.07 Å². The van der Waals surface area contributed by atoms with Crippen LogP contribution in [0.1, 0.15) is 5.56 Å². The van der Waals surface area contributed by atoms with Crippen molar-refractivity contribution in [2.24, 2.45) is 0 Å². The zero-order chi connectivity index (χ0) is 12.7. The van der Waals surface area contributed by atoms with Crippen LogP contribution >= 0.6 is 0 Å². The Kier molecular flexibility index (Phi) is 2.49. The van der Waals surface area contributed by atoms with Crippen molar-refractivity contribution in [3.05, 3.63) is 42.0 Å². The van der Waals surface area contributed by atoms with Crippen LogP contribution in [0.2, 0.25) is 0 Å². The first kappa shape index (κ1) is 11.1. The number of nitrogens with one attached hydrogen (secondary N) is 1. The summed E-state index contributed by atoms with van der Waals surface area (Å²) < 4.78 is 0. The Hall–Kier alpha value is -2.00. The van der Waals surface area contributed by atoms with Crippen LogP contribution in [-0.4, -0.2) is 29.1 Å². The third kappa shape index (κ3) is 1.64. The quantitative estimate of drug-likeness (QED) is 0.722. The van der Waals surface area contributed by atoms with E-state index in [0.717, 1.165) is 23.0 Å². The van der Waals surface area contributed by atoms with Crippen molar-refractivity contribution in [1.29, 1.82) is 0 Å². The summed E-state index contributed by atoms with van der Waals surface area (Å²) >= 11 is 0. The fourth-order valence-electron chi connectivity index (χ4n) is 2.49. The normalized spacial score (nSPS) is 11.7. The van der Waals surface area contributed by atoms with E-state index < -0.39 is 0 Å². The van der Waals surface area contributed by atoms with E-state index in [1.807, 2.05) is 38.4 Å². The Morgan fingerprint density at radius 3 is 2.67 bits per heavy atom. The third-order valence-corrected chi connectivity index (χ3v) is 3.21. The maximum absolute atomic E-state index is 9.99. The van der Waals surface area contributed by atoms with Crippen LogP contribution in [0, 0.1) is 0 Å². The van der Waals surface area contributed by atoms with Crippen LogP contribution in [0.3, 0.4) is 0 Å². The van der Waals surface area contributed by atoms with E-state index in [1.165, 1.54) is 10.9 Å². The molecule has 0 bridgehead atoms. The third-order valence-electron chi connectivity index (χ3n) is 3.21. The van der Waals surface area contributed by atoms with Gasteiger partial charge in [-0.05, 0) is 31.8 Å². The predicted octanol–water partition coefficient (Wildman–Crippen LogP) is 3.09. The highest BCUT2D eigenvalue weighted by molar-refractivity contribution is 6.10. The summed E-state index contributed by atoms with van der Waals surface area (Å²) in [6, 6.07) is 11.9. The predicted molar refractivity (Wildman–Crippen MR) is 74.9 cm³/mol. The molecule has 0 amide bonds. The van der Waals surface area contributed by atoms with Gasteiger partial charge in [0.25, 0.3) is 0 Å². The molecule has 18 heavy (non-hydrogen) atoms. The SMILES string of the molecule is CN(C)Cc1ccc(O)c2[nH]c3ccccc3c12. The molecule has 0 atom stereocenters. The Bertz CT molecular complexity index is 713. The summed E-state index contributed by atoms with van der Waals surface area (Å²) in [5.74, 6) is 0.309. The monoisotopic (exact) mass is 240 g/mol. The first-order chi connectivity index (χ1) is 8.66. The Labute approximate surface area is 106 Å². The number of fused-ring (bicyclic) bond motifs is 3. The molecule has 0 aliphatic carbocycles. The van der Waals surface area contributed by atoms with Gasteiger partial charge in [-0.15, -0.1) is 0 Å². The molecule has 0 saturated carbocycles. The molecule has 1 heterocycles. The minimum atomic E-state index is 0.309. The van der Waals surface area contributed by atoms with Crippen molar-refractivity contribution in [2.45, 2.75) is 6.54 Å². The van der Waals surface area contributed by atoms with Gasteiger partial charge in [0.2, 0.25) is 0 Å². The second-order valence-electron chi connectivity index (χ2n) is 4.90. The van der Waals surface area contributed by atoms with Crippen LogP contribution in [-0.2, 0) is 6.54 Å². The zero-order valence-electron chi connectivity index (χ0n) is 10.6. The molecular weight excluding hydrogens is 224 g/mol. The van der Waals surface area contributed by atoms with Crippen molar-refractivity contribution in [2.75, 3.05) is 14.1 Å². The van der Waals surface area contributed by atoms with Crippen LogP contribution in [0.15, 0.2) is 36.4 Å². The van der Waals surface area contributed by atoms with Gasteiger partial charge in [0.05, 0.1) is 5.52 Å². The van der Waals surface area contributed by atoms with Crippen LogP contribution < -0.4 is 0 Å². The first-order valence-electron chi connectivity index (χ1n) is 6.03. The lowest BCUT2D eigenvalue weighted by atomic mass is 10.1. The van der Waals surface area contributed by atoms with E-state index >= 15 is 0 Å². The molecule has 0 spiro atoms. The number of hydrogen-bond acceptors (Lipinski definition) is 2. The van der Waals surface area contributed by atoms with Gasteiger partial charge >= 0.3 is 0 Å². The Morgan fingerprint density at radius 1 is 1.11 bits per heavy atom. The van der Waals surface area contributed by atoms with Crippen molar-refractivity contribution in [3.8, 4) is 5.75 Å². The highest BCUT2D eigenvalue weighted by Crippen LogP contribution is 2.33. The fourth-order valence-corrected chi connectivity index (χ4v) is 2.49. The van der Waals surface area contributed by atoms with Crippen molar-refractivity contribution in [1.82, 2.24) is 9.88 Å². The van der Waals surface area contributed by atoms with E-state index in [0.29, 0.717) is 5.75 Å². The molecule has 0 aliphatic rings. The summed E-state index contributed by atoms with van der Waals surface area (Å²) in [6.45, 7) is 0.860. The first-order valence-corrected chi connectivity index (χ1v) is 6.03. The van der Waals surface area contributed by atoms with Gasteiger partial charge in [0.1, 0.15) is 5.75 Å². The lowest BCUT2D eigenvalue weighted by Gasteiger charge is -2.11. The number of phenols is 1. The molecule has 0 radical (unpaired) electrons. The summed E-state index contributed by atoms with van der Waals surface area (Å²) in [6.07, 6.45) is 0. The maximum Gasteiger partial charge on any atom is 0.139 e. The van der Waals surface area contributed by atoms with E-state index in [2.05, 4.69) is 16.0 Å². The van der Waals surface area contributed by atoms with E-state index in [9.17, 15) is 5.11 Å². The molecule has 0 fully saturated rings. The largest absolute Gasteiger partial charge is 0.506 e. The Balaban J connectivity index is 2.40. The number of nitrogens with zero attached hydrogens (tertiary/aromatic N) is 1. The molecule has 0 saturated heterocycles. The zero-order valence-corrected chi connectivity index (χ0v) is 10.6. The summed E-state index contributed by atoms with van der Waals surface area (Å²) in [5.41, 5.74) is 3.12. The van der Waals surface area contributed by atoms with E-state index in [4.69, 9.17) is 0 Å². The molecule has 3 aromatic rings. The number of aromatic amines is 1. The lowest BCUT2D eigenvalue weighted by molar-refractivity contribution is 0.404. The van der Waals surface area contributed by atoms with Crippen LogP contribution in [0.25, 0.3) is 21.8 Å². The molecule has 3 nitrogen and oxygen atoms in total. The van der Waals surface area contributed by atoms with Gasteiger partial charge in [-0.3, -0.25) is 0 Å². The number of para-hydroxylation sites is 1. The van der Waals surface area contributed by atoms with Crippen LogP contribution in [0.4, 0.5) is 0 Å². The van der Waals surface area contributed by atoms with Gasteiger partial charge in [0, 0.05) is 22.8 Å². The summed E-state index contributed by atoms with van der Waals surface area (Å²) in [5, 5.41) is 12.3. The number of aromatic nitrogens is 1. The molecule has 2 aromatic carbocycles. The molecule has 0 unspecified atom stereocenters. The van der Waals surface area contributed by atoms with Gasteiger partial charge in [-0.2, -0.15) is 0 Å². The van der Waals surface area contributed by atoms with Gasteiger partial charge in [-0.25, -0.2) is 0 Å². The smallest absolute Gasteiger partial charge is 0.139 e. The molecule has 3 rings (SSSR count). The molecule has 3 heteroatoms. The number of aromatic hydroxyl groups is 1. The second kappa shape index (κ2) is 4.03. The number of rotatable bonds is 2. The average molecular weight is 240 g/mol. The van der Waals surface area contributed by atoms with Crippen molar-refractivity contribution < 1.29 is 5.11 Å². The van der Waals surface area contributed by atoms with E-state index in [-0.39, 0.29) is 0 Å². The molecule has 0 aliphatic heterocycles. The molecular formula is C15H16N2O. The average Bonchev–Trinajstić information content (AvgIpc) is 2.73. The standard InChI is InChI=1S/C15H16N2O/c1-17(2)9-10-7-8-13(18)15-14(10)11-5-3-4-6-12(11)16-15/h3-8,16,18H,9H2,1-2H3. The van der Waals surface area contributed by atoms with Crippen LogP contribution in [0.5, 0.6) is 5.75 Å². The van der Waals surface area contributed by atoms with Crippen molar-refractivity contribution >= 4 is 21.8 Å². The summed E-state index contributed by atoms with van der Waals surface area (Å²) in [7, 11) is 4.10. The number of H-pyrrole nitrogens is 1. The minimum Gasteiger partial charge on any atom is -0.506 e. The molecule has 92 valence electrons. The molecule has 1 aromatic heterocycles.